The highest BCUT2D eigenvalue weighted by Crippen LogP contribution is 2.20. The van der Waals surface area contributed by atoms with Crippen molar-refractivity contribution in [2.45, 2.75) is 34.1 Å². The molecule has 4 heteroatoms. The summed E-state index contributed by atoms with van der Waals surface area (Å²) in [5, 5.41) is 5.61. The lowest BCUT2D eigenvalue weighted by Gasteiger charge is -2.12. The number of hydrogen-bond donors (Lipinski definition) is 2. The van der Waals surface area contributed by atoms with Crippen molar-refractivity contribution in [1.82, 2.24) is 10.6 Å². The molecule has 112 valence electrons. The Morgan fingerprint density at radius 1 is 1.20 bits per heavy atom. The van der Waals surface area contributed by atoms with Gasteiger partial charge in [-0.2, -0.15) is 0 Å². The van der Waals surface area contributed by atoms with E-state index in [0.29, 0.717) is 25.6 Å². The predicted molar refractivity (Wildman–Crippen MR) is 82.3 cm³/mol. The van der Waals surface area contributed by atoms with Crippen molar-refractivity contribution in [3.8, 4) is 5.75 Å². The molecule has 1 aromatic rings. The summed E-state index contributed by atoms with van der Waals surface area (Å²) in [6.45, 7) is 10.1. The third kappa shape index (κ3) is 5.95. The Bertz CT molecular complexity index is 430. The van der Waals surface area contributed by atoms with E-state index in [1.54, 1.807) is 0 Å². The Kier molecular flexibility index (Phi) is 6.91. The van der Waals surface area contributed by atoms with E-state index in [9.17, 15) is 4.79 Å². The van der Waals surface area contributed by atoms with Gasteiger partial charge in [0, 0.05) is 6.54 Å². The molecule has 0 aliphatic carbocycles. The van der Waals surface area contributed by atoms with Gasteiger partial charge in [-0.15, -0.1) is 0 Å². The maximum atomic E-state index is 11.5. The summed E-state index contributed by atoms with van der Waals surface area (Å²) in [6.07, 6.45) is 0.992. The molecule has 0 heterocycles. The number of amides is 2. The molecular weight excluding hydrogens is 252 g/mol. The molecule has 0 atom stereocenters. The minimum atomic E-state index is -0.129. The van der Waals surface area contributed by atoms with Crippen molar-refractivity contribution in [1.29, 1.82) is 0 Å². The number of carbonyl (C=O) groups excluding carboxylic acids is 1. The average Bonchev–Trinajstić information content (AvgIpc) is 2.39. The van der Waals surface area contributed by atoms with Crippen molar-refractivity contribution in [2.75, 3.05) is 19.7 Å². The van der Waals surface area contributed by atoms with Gasteiger partial charge < -0.3 is 15.4 Å². The molecule has 0 spiro atoms. The van der Waals surface area contributed by atoms with Crippen LogP contribution in [0.5, 0.6) is 5.75 Å². The van der Waals surface area contributed by atoms with Crippen LogP contribution in [0.2, 0.25) is 0 Å². The van der Waals surface area contributed by atoms with Gasteiger partial charge in [-0.1, -0.05) is 26.0 Å². The van der Waals surface area contributed by atoms with Crippen LogP contribution in [0.1, 0.15) is 31.4 Å². The smallest absolute Gasteiger partial charge is 0.314 e. The van der Waals surface area contributed by atoms with Gasteiger partial charge in [0.25, 0.3) is 0 Å². The minimum Gasteiger partial charge on any atom is -0.491 e. The number of urea groups is 1. The zero-order valence-electron chi connectivity index (χ0n) is 13.0. The topological polar surface area (TPSA) is 50.4 Å². The number of benzene rings is 1. The molecule has 0 aromatic heterocycles. The Balaban J connectivity index is 2.18. The summed E-state index contributed by atoms with van der Waals surface area (Å²) in [4.78, 5) is 11.5. The van der Waals surface area contributed by atoms with E-state index in [1.807, 2.05) is 19.1 Å². The van der Waals surface area contributed by atoms with Crippen molar-refractivity contribution < 1.29 is 9.53 Å². The van der Waals surface area contributed by atoms with E-state index < -0.39 is 0 Å². The SMILES string of the molecule is Cc1cccc(OCCNC(=O)NCCC(C)C)c1C. The third-order valence-electron chi connectivity index (χ3n) is 3.21. The number of rotatable bonds is 7. The number of hydrogen-bond acceptors (Lipinski definition) is 2. The molecule has 0 saturated carbocycles. The van der Waals surface area contributed by atoms with E-state index in [1.165, 1.54) is 5.56 Å². The van der Waals surface area contributed by atoms with Crippen LogP contribution in [0, 0.1) is 19.8 Å². The Hall–Kier alpha value is -1.71. The van der Waals surface area contributed by atoms with Crippen LogP contribution in [0.25, 0.3) is 0 Å². The van der Waals surface area contributed by atoms with Crippen LogP contribution < -0.4 is 15.4 Å². The maximum absolute atomic E-state index is 11.5. The molecule has 0 unspecified atom stereocenters. The molecule has 4 nitrogen and oxygen atoms in total. The van der Waals surface area contributed by atoms with Crippen LogP contribution in [-0.2, 0) is 0 Å². The molecule has 0 radical (unpaired) electrons. The predicted octanol–water partition coefficient (Wildman–Crippen LogP) is 3.03. The zero-order chi connectivity index (χ0) is 15.0. The first-order valence-electron chi connectivity index (χ1n) is 7.21. The Labute approximate surface area is 121 Å². The van der Waals surface area contributed by atoms with Crippen molar-refractivity contribution in [3.63, 3.8) is 0 Å². The van der Waals surface area contributed by atoms with Crippen LogP contribution in [0.3, 0.4) is 0 Å². The second-order valence-electron chi connectivity index (χ2n) is 5.41. The highest BCUT2D eigenvalue weighted by Gasteiger charge is 2.03. The Morgan fingerprint density at radius 2 is 1.90 bits per heavy atom. The number of nitrogens with one attached hydrogen (secondary N) is 2. The van der Waals surface area contributed by atoms with Gasteiger partial charge in [0.2, 0.25) is 0 Å². The van der Waals surface area contributed by atoms with Crippen LogP contribution in [0.4, 0.5) is 4.79 Å². The summed E-state index contributed by atoms with van der Waals surface area (Å²) in [6, 6.07) is 5.85. The monoisotopic (exact) mass is 278 g/mol. The van der Waals surface area contributed by atoms with Crippen molar-refractivity contribution in [2.24, 2.45) is 5.92 Å². The quantitative estimate of drug-likeness (QED) is 0.753. The average molecular weight is 278 g/mol. The van der Waals surface area contributed by atoms with Crippen molar-refractivity contribution >= 4 is 6.03 Å². The number of ether oxygens (including phenoxy) is 1. The van der Waals surface area contributed by atoms with Crippen LogP contribution in [-0.4, -0.2) is 25.7 Å². The largest absolute Gasteiger partial charge is 0.491 e. The second-order valence-corrected chi connectivity index (χ2v) is 5.41. The number of aryl methyl sites for hydroxylation is 1. The maximum Gasteiger partial charge on any atom is 0.314 e. The molecule has 0 bridgehead atoms. The summed E-state index contributed by atoms with van der Waals surface area (Å²) in [5.74, 6) is 1.48. The van der Waals surface area contributed by atoms with E-state index in [4.69, 9.17) is 4.74 Å². The molecule has 1 aromatic carbocycles. The summed E-state index contributed by atoms with van der Waals surface area (Å²) < 4.78 is 5.67. The lowest BCUT2D eigenvalue weighted by molar-refractivity contribution is 0.236. The molecule has 0 saturated heterocycles. The molecule has 20 heavy (non-hydrogen) atoms. The van der Waals surface area contributed by atoms with Gasteiger partial charge >= 0.3 is 6.03 Å². The summed E-state index contributed by atoms with van der Waals surface area (Å²) in [5.41, 5.74) is 2.36. The highest BCUT2D eigenvalue weighted by molar-refractivity contribution is 5.73. The standard InChI is InChI=1S/C16H26N2O2/c1-12(2)8-9-17-16(19)18-10-11-20-15-7-5-6-13(3)14(15)4/h5-7,12H,8-11H2,1-4H3,(H2,17,18,19). The van der Waals surface area contributed by atoms with Crippen molar-refractivity contribution in [3.05, 3.63) is 29.3 Å². The minimum absolute atomic E-state index is 0.129. The van der Waals surface area contributed by atoms with E-state index in [2.05, 4.69) is 37.5 Å². The van der Waals surface area contributed by atoms with E-state index in [0.717, 1.165) is 17.7 Å². The lowest BCUT2D eigenvalue weighted by Crippen LogP contribution is -2.38. The molecule has 0 fully saturated rings. The first-order chi connectivity index (χ1) is 9.50. The molecule has 2 N–H and O–H groups in total. The molecule has 0 aliphatic rings. The van der Waals surface area contributed by atoms with Gasteiger partial charge in [0.05, 0.1) is 6.54 Å². The zero-order valence-corrected chi connectivity index (χ0v) is 13.0. The first kappa shape index (κ1) is 16.3. The van der Waals surface area contributed by atoms with E-state index >= 15 is 0 Å². The second kappa shape index (κ2) is 8.46. The number of carbonyl (C=O) groups is 1. The van der Waals surface area contributed by atoms with Crippen LogP contribution >= 0.6 is 0 Å². The normalized spacial score (nSPS) is 10.4. The fourth-order valence-electron chi connectivity index (χ4n) is 1.74. The fourth-order valence-corrected chi connectivity index (χ4v) is 1.74. The summed E-state index contributed by atoms with van der Waals surface area (Å²) in [7, 11) is 0. The van der Waals surface area contributed by atoms with Gasteiger partial charge in [0.15, 0.2) is 0 Å². The lowest BCUT2D eigenvalue weighted by atomic mass is 10.1. The molecule has 2 amide bonds. The van der Waals surface area contributed by atoms with E-state index in [-0.39, 0.29) is 6.03 Å². The fraction of sp³-hybridized carbons (Fsp3) is 0.562. The van der Waals surface area contributed by atoms with Gasteiger partial charge in [-0.25, -0.2) is 4.79 Å². The Morgan fingerprint density at radius 3 is 2.60 bits per heavy atom. The molecule has 0 aliphatic heterocycles. The van der Waals surface area contributed by atoms with Gasteiger partial charge in [-0.05, 0) is 43.4 Å². The van der Waals surface area contributed by atoms with Gasteiger partial charge in [-0.3, -0.25) is 0 Å². The highest BCUT2D eigenvalue weighted by atomic mass is 16.5. The van der Waals surface area contributed by atoms with Gasteiger partial charge in [0.1, 0.15) is 12.4 Å². The first-order valence-corrected chi connectivity index (χ1v) is 7.21. The summed E-state index contributed by atoms with van der Waals surface area (Å²) >= 11 is 0. The molecular formula is C16H26N2O2. The molecule has 1 rings (SSSR count). The van der Waals surface area contributed by atoms with Crippen LogP contribution in [0.15, 0.2) is 18.2 Å². The third-order valence-corrected chi connectivity index (χ3v) is 3.21.